The van der Waals surface area contributed by atoms with Gasteiger partial charge >= 0.3 is 12.1 Å². The second-order valence-electron chi connectivity index (χ2n) is 7.53. The number of ether oxygens (including phenoxy) is 4. The summed E-state index contributed by atoms with van der Waals surface area (Å²) in [6.45, 7) is 16.5. The minimum atomic E-state index is -2.17. The van der Waals surface area contributed by atoms with Crippen molar-refractivity contribution in [2.75, 3.05) is 39.6 Å². The Morgan fingerprint density at radius 3 is 2.37 bits per heavy atom. The molecule has 1 N–H and O–H groups in total. The lowest BCUT2D eigenvalue weighted by atomic mass is 10.2. The van der Waals surface area contributed by atoms with Gasteiger partial charge in [0.25, 0.3) is 5.72 Å². The first kappa shape index (κ1) is 25.8. The van der Waals surface area contributed by atoms with Gasteiger partial charge in [-0.25, -0.2) is 9.59 Å². The summed E-state index contributed by atoms with van der Waals surface area (Å²) >= 11 is 0. The molecule has 170 valence electrons. The van der Waals surface area contributed by atoms with E-state index in [4.69, 9.17) is 23.8 Å². The van der Waals surface area contributed by atoms with Crippen LogP contribution in [0.4, 0.5) is 4.79 Å². The van der Waals surface area contributed by atoms with Gasteiger partial charge in [0.05, 0.1) is 26.4 Å². The first-order valence-electron chi connectivity index (χ1n) is 9.68. The zero-order chi connectivity index (χ0) is 22.7. The molecule has 0 aliphatic carbocycles. The SMILES string of the molecule is C=C(C)COCC1CCCOCC(OCC(=C)C)(N(OCC(=C)C)C(=O)O)C(=O)O1. The molecule has 0 aromatic carbocycles. The number of hydrogen-bond donors (Lipinski definition) is 1. The summed E-state index contributed by atoms with van der Waals surface area (Å²) in [6, 6.07) is 0. The molecule has 9 nitrogen and oxygen atoms in total. The molecule has 0 spiro atoms. The summed E-state index contributed by atoms with van der Waals surface area (Å²) in [4.78, 5) is 30.6. The number of carboxylic acid groups (broad SMARTS) is 1. The van der Waals surface area contributed by atoms with Crippen molar-refractivity contribution < 1.29 is 38.5 Å². The van der Waals surface area contributed by atoms with E-state index in [1.54, 1.807) is 13.8 Å². The van der Waals surface area contributed by atoms with Crippen LogP contribution in [-0.2, 0) is 28.6 Å². The third kappa shape index (κ3) is 8.27. The van der Waals surface area contributed by atoms with Crippen LogP contribution in [0.25, 0.3) is 0 Å². The number of nitrogens with zero attached hydrogens (tertiary/aromatic N) is 1. The van der Waals surface area contributed by atoms with Gasteiger partial charge < -0.3 is 24.1 Å². The second-order valence-corrected chi connectivity index (χ2v) is 7.53. The van der Waals surface area contributed by atoms with Crippen molar-refractivity contribution in [1.82, 2.24) is 5.06 Å². The van der Waals surface area contributed by atoms with Gasteiger partial charge in [-0.3, -0.25) is 4.84 Å². The zero-order valence-corrected chi connectivity index (χ0v) is 18.1. The van der Waals surface area contributed by atoms with Crippen LogP contribution < -0.4 is 0 Å². The average molecular weight is 427 g/mol. The Labute approximate surface area is 177 Å². The van der Waals surface area contributed by atoms with Gasteiger partial charge in [0.1, 0.15) is 12.7 Å². The second kappa shape index (κ2) is 12.5. The van der Waals surface area contributed by atoms with Crippen molar-refractivity contribution in [2.24, 2.45) is 0 Å². The Balaban J connectivity index is 3.20. The standard InChI is InChI=1S/C21H33NO8/c1-15(2)10-27-13-18-8-7-9-26-14-21(19(23)30-18,28-11-16(3)4)22(20(24)25)29-12-17(5)6/h18H,1,3,5,7-14H2,2,4,6H3,(H,24,25). The topological polar surface area (TPSA) is 104 Å². The lowest BCUT2D eigenvalue weighted by molar-refractivity contribution is -0.290. The van der Waals surface area contributed by atoms with Crippen molar-refractivity contribution in [2.45, 2.75) is 45.4 Å². The number of amides is 1. The monoisotopic (exact) mass is 427 g/mol. The first-order valence-corrected chi connectivity index (χ1v) is 9.68. The van der Waals surface area contributed by atoms with E-state index in [1.165, 1.54) is 0 Å². The molecule has 0 saturated carbocycles. The van der Waals surface area contributed by atoms with Crippen LogP contribution >= 0.6 is 0 Å². The molecule has 2 atom stereocenters. The lowest BCUT2D eigenvalue weighted by Crippen LogP contribution is -2.62. The van der Waals surface area contributed by atoms with E-state index in [0.29, 0.717) is 35.7 Å². The molecule has 2 unspecified atom stereocenters. The minimum absolute atomic E-state index is 0.102. The van der Waals surface area contributed by atoms with E-state index in [2.05, 4.69) is 19.7 Å². The predicted octanol–water partition coefficient (Wildman–Crippen LogP) is 3.08. The molecule has 9 heteroatoms. The van der Waals surface area contributed by atoms with Crippen molar-refractivity contribution >= 4 is 12.1 Å². The minimum Gasteiger partial charge on any atom is -0.463 e. The third-order valence-electron chi connectivity index (χ3n) is 3.86. The first-order chi connectivity index (χ1) is 14.1. The van der Waals surface area contributed by atoms with Gasteiger partial charge in [-0.2, -0.15) is 0 Å². The van der Waals surface area contributed by atoms with Gasteiger partial charge in [-0.1, -0.05) is 36.5 Å². The summed E-state index contributed by atoms with van der Waals surface area (Å²) in [5, 5.41) is 10.2. The summed E-state index contributed by atoms with van der Waals surface area (Å²) < 4.78 is 22.4. The van der Waals surface area contributed by atoms with Crippen LogP contribution in [0, 0.1) is 0 Å². The fourth-order valence-corrected chi connectivity index (χ4v) is 2.50. The zero-order valence-electron chi connectivity index (χ0n) is 18.1. The molecule has 0 aromatic rings. The van der Waals surface area contributed by atoms with Crippen molar-refractivity contribution in [3.05, 3.63) is 36.5 Å². The van der Waals surface area contributed by atoms with Crippen LogP contribution in [0.2, 0.25) is 0 Å². The highest BCUT2D eigenvalue weighted by Crippen LogP contribution is 2.26. The maximum atomic E-state index is 13.2. The molecular formula is C21H33NO8. The Morgan fingerprint density at radius 2 is 1.80 bits per heavy atom. The maximum Gasteiger partial charge on any atom is 0.434 e. The van der Waals surface area contributed by atoms with E-state index in [9.17, 15) is 14.7 Å². The molecule has 30 heavy (non-hydrogen) atoms. The predicted molar refractivity (Wildman–Crippen MR) is 110 cm³/mol. The highest BCUT2D eigenvalue weighted by molar-refractivity contribution is 5.83. The Kier molecular flexibility index (Phi) is 10.8. The van der Waals surface area contributed by atoms with Crippen molar-refractivity contribution in [3.63, 3.8) is 0 Å². The fraction of sp³-hybridized carbons (Fsp3) is 0.619. The molecule has 1 amide bonds. The highest BCUT2D eigenvalue weighted by atomic mass is 16.8. The number of hydrogen-bond acceptors (Lipinski definition) is 7. The van der Waals surface area contributed by atoms with E-state index < -0.39 is 30.5 Å². The van der Waals surface area contributed by atoms with Crippen molar-refractivity contribution in [1.29, 1.82) is 0 Å². The number of esters is 1. The molecule has 1 fully saturated rings. The van der Waals surface area contributed by atoms with Crippen LogP contribution in [0.3, 0.4) is 0 Å². The Hall–Kier alpha value is -2.20. The molecule has 0 radical (unpaired) electrons. The average Bonchev–Trinajstić information content (AvgIpc) is 2.70. The largest absolute Gasteiger partial charge is 0.463 e. The third-order valence-corrected chi connectivity index (χ3v) is 3.86. The van der Waals surface area contributed by atoms with Gasteiger partial charge in [0, 0.05) is 6.61 Å². The number of carbonyl (C=O) groups excluding carboxylic acids is 1. The van der Waals surface area contributed by atoms with Gasteiger partial charge in [0.15, 0.2) is 0 Å². The normalized spacial score (nSPS) is 22.2. The summed E-state index contributed by atoms with van der Waals surface area (Å²) in [5.41, 5.74) is -0.206. The number of rotatable bonds is 11. The summed E-state index contributed by atoms with van der Waals surface area (Å²) in [5.74, 6) is -0.946. The molecule has 1 aliphatic rings. The van der Waals surface area contributed by atoms with Gasteiger partial charge in [-0.15, -0.1) is 5.06 Å². The van der Waals surface area contributed by atoms with Crippen molar-refractivity contribution in [3.8, 4) is 0 Å². The Morgan fingerprint density at radius 1 is 1.17 bits per heavy atom. The van der Waals surface area contributed by atoms with Crippen LogP contribution in [-0.4, -0.2) is 73.7 Å². The lowest BCUT2D eigenvalue weighted by Gasteiger charge is -2.38. The van der Waals surface area contributed by atoms with E-state index >= 15 is 0 Å². The quantitative estimate of drug-likeness (QED) is 0.232. The molecule has 1 rings (SSSR count). The molecule has 0 aromatic heterocycles. The molecule has 1 aliphatic heterocycles. The fourth-order valence-electron chi connectivity index (χ4n) is 2.50. The summed E-state index contributed by atoms with van der Waals surface area (Å²) in [6.07, 6.45) is -1.07. The van der Waals surface area contributed by atoms with Crippen LogP contribution in [0.1, 0.15) is 33.6 Å². The van der Waals surface area contributed by atoms with Crippen LogP contribution in [0.15, 0.2) is 36.5 Å². The van der Waals surface area contributed by atoms with Crippen LogP contribution in [0.5, 0.6) is 0 Å². The van der Waals surface area contributed by atoms with Gasteiger partial charge in [-0.05, 0) is 33.6 Å². The van der Waals surface area contributed by atoms with E-state index in [1.807, 2.05) is 6.92 Å². The number of hydroxylamine groups is 2. The maximum absolute atomic E-state index is 13.2. The molecule has 1 heterocycles. The smallest absolute Gasteiger partial charge is 0.434 e. The van der Waals surface area contributed by atoms with Gasteiger partial charge in [0.2, 0.25) is 0 Å². The Bertz CT molecular complexity index is 647. The molecular weight excluding hydrogens is 394 g/mol. The number of carbonyl (C=O) groups is 2. The highest BCUT2D eigenvalue weighted by Gasteiger charge is 2.53. The molecule has 1 saturated heterocycles. The summed E-state index contributed by atoms with van der Waals surface area (Å²) in [7, 11) is 0. The van der Waals surface area contributed by atoms with E-state index in [-0.39, 0.29) is 26.4 Å². The molecule has 0 bridgehead atoms. The van der Waals surface area contributed by atoms with E-state index in [0.717, 1.165) is 5.57 Å². The number of cyclic esters (lactones) is 1.